The summed E-state index contributed by atoms with van der Waals surface area (Å²) in [7, 11) is 0. The van der Waals surface area contributed by atoms with Crippen molar-refractivity contribution < 1.29 is 13.5 Å². The molecule has 1 aromatic carbocycles. The van der Waals surface area contributed by atoms with Gasteiger partial charge in [-0.15, -0.1) is 0 Å². The first-order valence-corrected chi connectivity index (χ1v) is 8.71. The summed E-state index contributed by atoms with van der Waals surface area (Å²) in [5.41, 5.74) is 1.22. The minimum atomic E-state index is -2.74. The molecule has 3 heteroatoms. The molecule has 0 atom stereocenters. The molecule has 1 fully saturated rings. The summed E-state index contributed by atoms with van der Waals surface area (Å²) in [6.07, 6.45) is 11.9. The molecule has 0 N–H and O–H groups in total. The minimum Gasteiger partial charge on any atom is -0.435 e. The molecule has 2 rings (SSSR count). The first-order chi connectivity index (χ1) is 10.7. The summed E-state index contributed by atoms with van der Waals surface area (Å²) in [5, 5.41) is 0. The van der Waals surface area contributed by atoms with Crippen molar-refractivity contribution in [3.63, 3.8) is 0 Å². The predicted molar refractivity (Wildman–Crippen MR) is 86.4 cm³/mol. The van der Waals surface area contributed by atoms with E-state index < -0.39 is 6.61 Å². The molecule has 0 unspecified atom stereocenters. The van der Waals surface area contributed by atoms with Crippen LogP contribution in [0.1, 0.15) is 63.9 Å². The van der Waals surface area contributed by atoms with Crippen LogP contribution in [0.4, 0.5) is 8.78 Å². The summed E-state index contributed by atoms with van der Waals surface area (Å²) >= 11 is 0. The minimum absolute atomic E-state index is 0.246. The Kier molecular flexibility index (Phi) is 7.14. The van der Waals surface area contributed by atoms with Gasteiger partial charge in [-0.05, 0) is 42.4 Å². The van der Waals surface area contributed by atoms with E-state index in [1.807, 2.05) is 12.1 Å². The van der Waals surface area contributed by atoms with Crippen molar-refractivity contribution in [1.82, 2.24) is 0 Å². The third-order valence-corrected chi connectivity index (χ3v) is 4.92. The molecular formula is C19H28F2O. The highest BCUT2D eigenvalue weighted by molar-refractivity contribution is 5.27. The van der Waals surface area contributed by atoms with Gasteiger partial charge in [-0.1, -0.05) is 64.0 Å². The molecule has 22 heavy (non-hydrogen) atoms. The smallest absolute Gasteiger partial charge is 0.387 e. The van der Waals surface area contributed by atoms with Gasteiger partial charge in [0, 0.05) is 0 Å². The Morgan fingerprint density at radius 3 is 2.14 bits per heavy atom. The van der Waals surface area contributed by atoms with Crippen molar-refractivity contribution in [3.8, 4) is 5.75 Å². The number of hydrogen-bond donors (Lipinski definition) is 0. The lowest BCUT2D eigenvalue weighted by molar-refractivity contribution is -0.0498. The zero-order valence-corrected chi connectivity index (χ0v) is 13.6. The van der Waals surface area contributed by atoms with Crippen molar-refractivity contribution in [2.24, 2.45) is 11.8 Å². The van der Waals surface area contributed by atoms with Crippen molar-refractivity contribution in [2.45, 2.75) is 71.3 Å². The fraction of sp³-hybridized carbons (Fsp3) is 0.684. The van der Waals surface area contributed by atoms with Gasteiger partial charge in [0.2, 0.25) is 0 Å². The van der Waals surface area contributed by atoms with Crippen LogP contribution in [-0.2, 0) is 6.42 Å². The molecule has 124 valence electrons. The maximum absolute atomic E-state index is 12.1. The van der Waals surface area contributed by atoms with Crippen LogP contribution < -0.4 is 4.74 Å². The second-order valence-electron chi connectivity index (χ2n) is 6.59. The Labute approximate surface area is 133 Å². The van der Waals surface area contributed by atoms with Gasteiger partial charge in [0.15, 0.2) is 0 Å². The first kappa shape index (κ1) is 17.2. The third kappa shape index (κ3) is 5.94. The summed E-state index contributed by atoms with van der Waals surface area (Å²) in [5.74, 6) is 2.05. The molecule has 0 aromatic heterocycles. The van der Waals surface area contributed by atoms with E-state index in [0.29, 0.717) is 0 Å². The Hall–Kier alpha value is -1.12. The van der Waals surface area contributed by atoms with Gasteiger partial charge in [-0.3, -0.25) is 0 Å². The Morgan fingerprint density at radius 2 is 1.59 bits per heavy atom. The molecule has 0 spiro atoms. The van der Waals surface area contributed by atoms with E-state index in [2.05, 4.69) is 11.7 Å². The highest BCUT2D eigenvalue weighted by atomic mass is 19.3. The second kappa shape index (κ2) is 9.12. The highest BCUT2D eigenvalue weighted by Gasteiger charge is 2.20. The molecule has 1 aliphatic carbocycles. The standard InChI is InChI=1S/C19H28F2O/c1-2-3-4-15-5-7-16(8-6-15)9-10-17-11-13-18(14-12-17)22-19(20)21/h11-16,19H,2-10H2,1H3/t15-,16-. The van der Waals surface area contributed by atoms with Crippen LogP contribution in [-0.4, -0.2) is 6.61 Å². The number of ether oxygens (including phenoxy) is 1. The van der Waals surface area contributed by atoms with E-state index in [-0.39, 0.29) is 5.75 Å². The summed E-state index contributed by atoms with van der Waals surface area (Å²) < 4.78 is 28.6. The van der Waals surface area contributed by atoms with E-state index in [1.165, 1.54) is 56.9 Å². The molecule has 0 heterocycles. The molecule has 1 saturated carbocycles. The number of unbranched alkanes of at least 4 members (excludes halogenated alkanes) is 1. The van der Waals surface area contributed by atoms with Crippen LogP contribution in [0.25, 0.3) is 0 Å². The Bertz CT molecular complexity index is 408. The Balaban J connectivity index is 1.68. The highest BCUT2D eigenvalue weighted by Crippen LogP contribution is 2.34. The quantitative estimate of drug-likeness (QED) is 0.554. The van der Waals surface area contributed by atoms with Gasteiger partial charge in [0.05, 0.1) is 0 Å². The van der Waals surface area contributed by atoms with Crippen molar-refractivity contribution >= 4 is 0 Å². The van der Waals surface area contributed by atoms with Gasteiger partial charge in [-0.25, -0.2) is 0 Å². The molecule has 0 bridgehead atoms. The largest absolute Gasteiger partial charge is 0.435 e. The topological polar surface area (TPSA) is 9.23 Å². The van der Waals surface area contributed by atoms with E-state index in [9.17, 15) is 8.78 Å². The predicted octanol–water partition coefficient (Wildman–Crippen LogP) is 6.22. The lowest BCUT2D eigenvalue weighted by Gasteiger charge is -2.28. The third-order valence-electron chi connectivity index (χ3n) is 4.92. The van der Waals surface area contributed by atoms with Crippen molar-refractivity contribution in [1.29, 1.82) is 0 Å². The number of halogens is 2. The zero-order valence-electron chi connectivity index (χ0n) is 13.6. The summed E-state index contributed by atoms with van der Waals surface area (Å²) in [4.78, 5) is 0. The van der Waals surface area contributed by atoms with Gasteiger partial charge in [-0.2, -0.15) is 8.78 Å². The van der Waals surface area contributed by atoms with Crippen LogP contribution in [0.2, 0.25) is 0 Å². The molecule has 1 aliphatic rings. The second-order valence-corrected chi connectivity index (χ2v) is 6.59. The molecule has 0 saturated heterocycles. The van der Waals surface area contributed by atoms with Crippen molar-refractivity contribution in [3.05, 3.63) is 29.8 Å². The van der Waals surface area contributed by atoms with Crippen LogP contribution in [0.5, 0.6) is 5.75 Å². The van der Waals surface area contributed by atoms with E-state index in [4.69, 9.17) is 0 Å². The molecular weight excluding hydrogens is 282 g/mol. The number of aryl methyl sites for hydroxylation is 1. The van der Waals surface area contributed by atoms with Crippen LogP contribution in [0.3, 0.4) is 0 Å². The Morgan fingerprint density at radius 1 is 1.00 bits per heavy atom. The maximum atomic E-state index is 12.1. The molecule has 0 aliphatic heterocycles. The van der Waals surface area contributed by atoms with E-state index in [1.54, 1.807) is 12.1 Å². The lowest BCUT2D eigenvalue weighted by atomic mass is 9.78. The molecule has 0 radical (unpaired) electrons. The molecule has 0 amide bonds. The summed E-state index contributed by atoms with van der Waals surface area (Å²) in [6.45, 7) is -0.475. The number of hydrogen-bond acceptors (Lipinski definition) is 1. The van der Waals surface area contributed by atoms with Crippen LogP contribution >= 0.6 is 0 Å². The lowest BCUT2D eigenvalue weighted by Crippen LogP contribution is -2.15. The molecule has 1 aromatic rings. The van der Waals surface area contributed by atoms with Gasteiger partial charge >= 0.3 is 6.61 Å². The van der Waals surface area contributed by atoms with E-state index in [0.717, 1.165) is 18.3 Å². The fourth-order valence-corrected chi connectivity index (χ4v) is 3.51. The van der Waals surface area contributed by atoms with Gasteiger partial charge in [0.1, 0.15) is 5.75 Å². The normalized spacial score (nSPS) is 22.0. The maximum Gasteiger partial charge on any atom is 0.387 e. The van der Waals surface area contributed by atoms with Crippen LogP contribution in [0, 0.1) is 11.8 Å². The first-order valence-electron chi connectivity index (χ1n) is 8.71. The SMILES string of the molecule is CCCC[C@H]1CC[C@H](CCc2ccc(OC(F)F)cc2)CC1. The monoisotopic (exact) mass is 310 g/mol. The molecule has 1 nitrogen and oxygen atoms in total. The van der Waals surface area contributed by atoms with Crippen LogP contribution in [0.15, 0.2) is 24.3 Å². The van der Waals surface area contributed by atoms with Crippen molar-refractivity contribution in [2.75, 3.05) is 0 Å². The number of rotatable bonds is 8. The number of alkyl halides is 2. The average Bonchev–Trinajstić information content (AvgIpc) is 2.53. The average molecular weight is 310 g/mol. The van der Waals surface area contributed by atoms with Gasteiger partial charge < -0.3 is 4.74 Å². The zero-order chi connectivity index (χ0) is 15.8. The van der Waals surface area contributed by atoms with Gasteiger partial charge in [0.25, 0.3) is 0 Å². The van der Waals surface area contributed by atoms with E-state index >= 15 is 0 Å². The fourth-order valence-electron chi connectivity index (χ4n) is 3.51. The summed E-state index contributed by atoms with van der Waals surface area (Å²) in [6, 6.07) is 7.10. The number of benzene rings is 1.